The quantitative estimate of drug-likeness (QED) is 0.779. The smallest absolute Gasteiger partial charge is 0.243 e. The van der Waals surface area contributed by atoms with Crippen molar-refractivity contribution in [2.75, 3.05) is 13.7 Å². The highest BCUT2D eigenvalue weighted by atomic mass is 35.5. The molecule has 1 aliphatic heterocycles. The van der Waals surface area contributed by atoms with Crippen molar-refractivity contribution in [1.82, 2.24) is 4.31 Å². The van der Waals surface area contributed by atoms with E-state index in [1.807, 2.05) is 26.0 Å². The average molecular weight is 332 g/mol. The molecule has 0 saturated carbocycles. The van der Waals surface area contributed by atoms with Gasteiger partial charge in [-0.2, -0.15) is 4.31 Å². The van der Waals surface area contributed by atoms with Crippen LogP contribution in [0.15, 0.2) is 23.1 Å². The molecule has 0 N–H and O–H groups in total. The number of benzene rings is 1. The van der Waals surface area contributed by atoms with Gasteiger partial charge in [0.1, 0.15) is 0 Å². The van der Waals surface area contributed by atoms with Gasteiger partial charge in [0.05, 0.1) is 17.0 Å². The summed E-state index contributed by atoms with van der Waals surface area (Å²) in [6.45, 7) is 4.48. The third-order valence-electron chi connectivity index (χ3n) is 4.13. The number of hydrogen-bond donors (Lipinski definition) is 0. The van der Waals surface area contributed by atoms with Crippen LogP contribution in [0.4, 0.5) is 0 Å². The summed E-state index contributed by atoms with van der Waals surface area (Å²) in [5.74, 6) is 0.305. The first kappa shape index (κ1) is 16.7. The maximum Gasteiger partial charge on any atom is 0.243 e. The zero-order valence-electron chi connectivity index (χ0n) is 12.7. The monoisotopic (exact) mass is 331 g/mol. The van der Waals surface area contributed by atoms with Gasteiger partial charge in [-0.3, -0.25) is 0 Å². The lowest BCUT2D eigenvalue weighted by Crippen LogP contribution is -2.41. The fourth-order valence-electron chi connectivity index (χ4n) is 2.75. The molecule has 6 heteroatoms. The van der Waals surface area contributed by atoms with E-state index in [0.717, 1.165) is 17.5 Å². The first-order valence-corrected chi connectivity index (χ1v) is 9.16. The van der Waals surface area contributed by atoms with Crippen molar-refractivity contribution in [3.8, 4) is 0 Å². The van der Waals surface area contributed by atoms with Crippen LogP contribution in [0.25, 0.3) is 0 Å². The number of alkyl halides is 1. The maximum absolute atomic E-state index is 12.9. The second kappa shape index (κ2) is 6.65. The molecule has 2 atom stereocenters. The summed E-state index contributed by atoms with van der Waals surface area (Å²) in [4.78, 5) is 0.366. The lowest BCUT2D eigenvalue weighted by atomic mass is 10.1. The Morgan fingerprint density at radius 1 is 1.43 bits per heavy atom. The molecule has 1 aromatic rings. The van der Waals surface area contributed by atoms with Crippen molar-refractivity contribution >= 4 is 21.6 Å². The number of hydrogen-bond acceptors (Lipinski definition) is 3. The Labute approximate surface area is 132 Å². The van der Waals surface area contributed by atoms with Crippen LogP contribution in [0.3, 0.4) is 0 Å². The fourth-order valence-corrected chi connectivity index (χ4v) is 4.70. The van der Waals surface area contributed by atoms with Gasteiger partial charge < -0.3 is 4.74 Å². The molecule has 1 fully saturated rings. The van der Waals surface area contributed by atoms with E-state index >= 15 is 0 Å². The highest BCUT2D eigenvalue weighted by molar-refractivity contribution is 7.89. The van der Waals surface area contributed by atoms with E-state index in [1.165, 1.54) is 4.31 Å². The van der Waals surface area contributed by atoms with Gasteiger partial charge in [0.25, 0.3) is 0 Å². The molecular weight excluding hydrogens is 310 g/mol. The molecule has 1 heterocycles. The van der Waals surface area contributed by atoms with E-state index in [4.69, 9.17) is 16.3 Å². The third kappa shape index (κ3) is 3.26. The number of likely N-dealkylation sites (N-methyl/N-ethyl adjacent to an activating group) is 1. The number of rotatable bonds is 5. The number of halogens is 1. The first-order chi connectivity index (χ1) is 9.91. The van der Waals surface area contributed by atoms with Crippen molar-refractivity contribution in [2.24, 2.45) is 0 Å². The zero-order valence-corrected chi connectivity index (χ0v) is 14.2. The second-order valence-electron chi connectivity index (χ2n) is 5.38. The highest BCUT2D eigenvalue weighted by Gasteiger charge is 2.36. The van der Waals surface area contributed by atoms with Crippen LogP contribution in [0, 0.1) is 0 Å². The molecule has 4 nitrogen and oxygen atoms in total. The summed E-state index contributed by atoms with van der Waals surface area (Å²) in [6.07, 6.45) is 1.32. The molecule has 118 valence electrons. The number of nitrogens with zero attached hydrogens (tertiary/aromatic N) is 1. The van der Waals surface area contributed by atoms with Crippen LogP contribution >= 0.6 is 11.6 Å². The van der Waals surface area contributed by atoms with Crippen LogP contribution in [-0.2, 0) is 27.1 Å². The predicted octanol–water partition coefficient (Wildman–Crippen LogP) is 2.79. The lowest BCUT2D eigenvalue weighted by Gasteiger charge is -2.27. The number of sulfonamides is 1. The summed E-state index contributed by atoms with van der Waals surface area (Å²) >= 11 is 5.85. The lowest BCUT2D eigenvalue weighted by molar-refractivity contribution is 0.102. The minimum Gasteiger partial charge on any atom is -0.377 e. The molecule has 0 spiro atoms. The van der Waals surface area contributed by atoms with Crippen molar-refractivity contribution in [1.29, 1.82) is 0 Å². The Balaban J connectivity index is 2.43. The molecule has 0 aliphatic carbocycles. The fraction of sp³-hybridized carbons (Fsp3) is 0.600. The van der Waals surface area contributed by atoms with Gasteiger partial charge in [-0.15, -0.1) is 11.6 Å². The van der Waals surface area contributed by atoms with E-state index in [-0.39, 0.29) is 12.1 Å². The minimum atomic E-state index is -3.54. The van der Waals surface area contributed by atoms with Gasteiger partial charge in [-0.1, -0.05) is 19.1 Å². The van der Waals surface area contributed by atoms with Crippen LogP contribution in [0.2, 0.25) is 0 Å². The molecule has 1 saturated heterocycles. The Bertz CT molecular complexity index is 603. The summed E-state index contributed by atoms with van der Waals surface area (Å²) < 4.78 is 32.8. The topological polar surface area (TPSA) is 46.6 Å². The van der Waals surface area contributed by atoms with Gasteiger partial charge >= 0.3 is 0 Å². The van der Waals surface area contributed by atoms with E-state index in [9.17, 15) is 8.42 Å². The molecule has 21 heavy (non-hydrogen) atoms. The Morgan fingerprint density at radius 3 is 2.67 bits per heavy atom. The van der Waals surface area contributed by atoms with Gasteiger partial charge in [0.2, 0.25) is 10.0 Å². The van der Waals surface area contributed by atoms with E-state index in [2.05, 4.69) is 0 Å². The van der Waals surface area contributed by atoms with Crippen LogP contribution in [0.5, 0.6) is 0 Å². The molecule has 1 aliphatic rings. The number of aryl methyl sites for hydroxylation is 1. The van der Waals surface area contributed by atoms with Crippen LogP contribution < -0.4 is 0 Å². The summed E-state index contributed by atoms with van der Waals surface area (Å²) in [5, 5.41) is 0. The van der Waals surface area contributed by atoms with Crippen molar-refractivity contribution < 1.29 is 13.2 Å². The molecule has 1 aromatic carbocycles. The van der Waals surface area contributed by atoms with Crippen molar-refractivity contribution in [3.63, 3.8) is 0 Å². The normalized spacial score (nSPS) is 22.9. The summed E-state index contributed by atoms with van der Waals surface area (Å²) in [6, 6.07) is 5.32. The van der Waals surface area contributed by atoms with Gasteiger partial charge in [-0.05, 0) is 37.0 Å². The Kier molecular flexibility index (Phi) is 5.30. The van der Waals surface area contributed by atoms with E-state index < -0.39 is 10.0 Å². The molecular formula is C15H22ClNO3S. The molecule has 0 bridgehead atoms. The number of ether oxygens (including phenoxy) is 1. The van der Waals surface area contributed by atoms with E-state index in [0.29, 0.717) is 23.8 Å². The van der Waals surface area contributed by atoms with E-state index in [1.54, 1.807) is 13.1 Å². The van der Waals surface area contributed by atoms with Crippen LogP contribution in [-0.4, -0.2) is 38.5 Å². The average Bonchev–Trinajstić information content (AvgIpc) is 2.91. The molecule has 2 rings (SSSR count). The Morgan fingerprint density at radius 2 is 2.14 bits per heavy atom. The van der Waals surface area contributed by atoms with Crippen molar-refractivity contribution in [3.05, 3.63) is 29.3 Å². The standard InChI is InChI=1S/C15H22ClNO3S/c1-4-13-6-5-12(10-16)9-15(13)21(18,19)17(3)14-7-8-20-11(14)2/h5-6,9,11,14H,4,7-8,10H2,1-3H3. The van der Waals surface area contributed by atoms with Gasteiger partial charge in [-0.25, -0.2) is 8.42 Å². The van der Waals surface area contributed by atoms with Crippen LogP contribution in [0.1, 0.15) is 31.4 Å². The second-order valence-corrected chi connectivity index (χ2v) is 7.62. The predicted molar refractivity (Wildman–Crippen MR) is 84.1 cm³/mol. The highest BCUT2D eigenvalue weighted by Crippen LogP contribution is 2.28. The minimum absolute atomic E-state index is 0.0777. The molecule has 2 unspecified atom stereocenters. The summed E-state index contributed by atoms with van der Waals surface area (Å²) in [7, 11) is -1.90. The molecule has 0 amide bonds. The third-order valence-corrected chi connectivity index (χ3v) is 6.40. The van der Waals surface area contributed by atoms with Gasteiger partial charge in [0, 0.05) is 19.5 Å². The van der Waals surface area contributed by atoms with Gasteiger partial charge in [0.15, 0.2) is 0 Å². The SMILES string of the molecule is CCc1ccc(CCl)cc1S(=O)(=O)N(C)C1CCOC1C. The molecule has 0 radical (unpaired) electrons. The Hall–Kier alpha value is -0.620. The largest absolute Gasteiger partial charge is 0.377 e. The maximum atomic E-state index is 12.9. The zero-order chi connectivity index (χ0) is 15.6. The van der Waals surface area contributed by atoms with Crippen molar-refractivity contribution in [2.45, 2.75) is 49.6 Å². The summed E-state index contributed by atoms with van der Waals surface area (Å²) in [5.41, 5.74) is 1.64. The first-order valence-electron chi connectivity index (χ1n) is 7.19. The molecule has 0 aromatic heterocycles.